The van der Waals surface area contributed by atoms with Crippen LogP contribution in [0.1, 0.15) is 22.7 Å². The Hall–Kier alpha value is -1.84. The van der Waals surface area contributed by atoms with Gasteiger partial charge < -0.3 is 4.90 Å². The van der Waals surface area contributed by atoms with Crippen molar-refractivity contribution in [3.63, 3.8) is 0 Å². The Morgan fingerprint density at radius 1 is 1.00 bits per heavy atom. The van der Waals surface area contributed by atoms with Gasteiger partial charge in [-0.2, -0.15) is 0 Å². The van der Waals surface area contributed by atoms with Crippen LogP contribution in [0.3, 0.4) is 0 Å². The smallest absolute Gasteiger partial charge is 0.132 e. The number of nitrogens with one attached hydrogen (secondary N) is 1. The molecule has 2 atom stereocenters. The van der Waals surface area contributed by atoms with E-state index < -0.39 is 0 Å². The highest BCUT2D eigenvalue weighted by atomic mass is 15.4. The zero-order chi connectivity index (χ0) is 12.8. The van der Waals surface area contributed by atoms with Crippen molar-refractivity contribution in [3.05, 3.63) is 65.2 Å². The van der Waals surface area contributed by atoms with Crippen LogP contribution < -0.4 is 16.0 Å². The summed E-state index contributed by atoms with van der Waals surface area (Å²) in [5.41, 5.74) is 11.7. The number of nitrogens with two attached hydrogens (primary N) is 1. The zero-order valence-corrected chi connectivity index (χ0v) is 10.7. The lowest BCUT2D eigenvalue weighted by atomic mass is 9.97. The van der Waals surface area contributed by atoms with Crippen LogP contribution in [0.15, 0.2) is 48.5 Å². The van der Waals surface area contributed by atoms with E-state index >= 15 is 0 Å². The Kier molecular flexibility index (Phi) is 2.37. The molecule has 2 aliphatic heterocycles. The largest absolute Gasteiger partial charge is 0.335 e. The second-order valence-electron chi connectivity index (χ2n) is 5.28. The molecular weight excluding hydrogens is 234 g/mol. The summed E-state index contributed by atoms with van der Waals surface area (Å²) in [5, 5.41) is 3.37. The predicted molar refractivity (Wildman–Crippen MR) is 76.9 cm³/mol. The molecule has 0 aliphatic carbocycles. The third-order valence-electron chi connectivity index (χ3n) is 4.22. The van der Waals surface area contributed by atoms with Crippen LogP contribution in [0.2, 0.25) is 0 Å². The summed E-state index contributed by atoms with van der Waals surface area (Å²) >= 11 is 0. The van der Waals surface area contributed by atoms with E-state index in [0.717, 1.165) is 13.0 Å². The van der Waals surface area contributed by atoms with Crippen LogP contribution in [0, 0.1) is 0 Å². The molecule has 96 valence electrons. The quantitative estimate of drug-likeness (QED) is 0.752. The van der Waals surface area contributed by atoms with Crippen LogP contribution in [0.5, 0.6) is 0 Å². The van der Waals surface area contributed by atoms with Gasteiger partial charge in [0.25, 0.3) is 0 Å². The van der Waals surface area contributed by atoms with E-state index in [-0.39, 0.29) is 6.29 Å². The molecule has 2 aliphatic rings. The van der Waals surface area contributed by atoms with Crippen LogP contribution >= 0.6 is 0 Å². The highest BCUT2D eigenvalue weighted by Gasteiger charge is 2.36. The van der Waals surface area contributed by atoms with E-state index in [2.05, 4.69) is 58.7 Å². The highest BCUT2D eigenvalue weighted by molar-refractivity contribution is 5.61. The first kappa shape index (κ1) is 11.0. The number of anilines is 1. The molecule has 3 N–H and O–H groups in total. The van der Waals surface area contributed by atoms with E-state index in [1.165, 1.54) is 22.4 Å². The Bertz CT molecular complexity index is 623. The normalized spacial score (nSPS) is 24.4. The van der Waals surface area contributed by atoms with Gasteiger partial charge in [0.2, 0.25) is 0 Å². The second kappa shape index (κ2) is 4.08. The fourth-order valence-electron chi connectivity index (χ4n) is 3.34. The molecule has 2 aromatic rings. The number of benzene rings is 2. The predicted octanol–water partition coefficient (Wildman–Crippen LogP) is 1.98. The van der Waals surface area contributed by atoms with Crippen molar-refractivity contribution >= 4 is 5.69 Å². The van der Waals surface area contributed by atoms with E-state index in [4.69, 9.17) is 5.73 Å². The van der Waals surface area contributed by atoms with Gasteiger partial charge in [-0.15, -0.1) is 0 Å². The molecule has 0 amide bonds. The van der Waals surface area contributed by atoms with Crippen molar-refractivity contribution in [1.29, 1.82) is 0 Å². The molecule has 3 heteroatoms. The van der Waals surface area contributed by atoms with Gasteiger partial charge in [-0.1, -0.05) is 42.5 Å². The Morgan fingerprint density at radius 2 is 1.74 bits per heavy atom. The summed E-state index contributed by atoms with van der Waals surface area (Å²) in [6.45, 7) is 0.909. The molecule has 1 saturated heterocycles. The van der Waals surface area contributed by atoms with Crippen molar-refractivity contribution in [3.8, 4) is 0 Å². The van der Waals surface area contributed by atoms with Crippen molar-refractivity contribution < 1.29 is 0 Å². The minimum absolute atomic E-state index is 0.0997. The molecule has 19 heavy (non-hydrogen) atoms. The Morgan fingerprint density at radius 3 is 2.63 bits per heavy atom. The molecule has 0 saturated carbocycles. The van der Waals surface area contributed by atoms with Gasteiger partial charge in [-0.3, -0.25) is 11.1 Å². The average Bonchev–Trinajstić information content (AvgIpc) is 2.75. The zero-order valence-electron chi connectivity index (χ0n) is 10.7. The minimum Gasteiger partial charge on any atom is -0.335 e. The lowest BCUT2D eigenvalue weighted by molar-refractivity contribution is 0.623. The molecule has 2 heterocycles. The van der Waals surface area contributed by atoms with Gasteiger partial charge in [0.05, 0.1) is 6.04 Å². The number of hydrogen-bond donors (Lipinski definition) is 2. The van der Waals surface area contributed by atoms with Gasteiger partial charge >= 0.3 is 0 Å². The Balaban J connectivity index is 1.96. The van der Waals surface area contributed by atoms with Gasteiger partial charge in [0.15, 0.2) is 0 Å². The summed E-state index contributed by atoms with van der Waals surface area (Å²) in [5.74, 6) is 0. The number of hydrogen-bond acceptors (Lipinski definition) is 3. The Labute approximate surface area is 113 Å². The maximum absolute atomic E-state index is 6.25. The van der Waals surface area contributed by atoms with Crippen molar-refractivity contribution in [2.45, 2.75) is 18.8 Å². The first-order valence-electron chi connectivity index (χ1n) is 6.77. The van der Waals surface area contributed by atoms with Gasteiger partial charge in [0.1, 0.15) is 6.29 Å². The van der Waals surface area contributed by atoms with Crippen molar-refractivity contribution in [1.82, 2.24) is 5.32 Å². The molecule has 1 fully saturated rings. The first-order chi connectivity index (χ1) is 9.34. The maximum atomic E-state index is 6.25. The summed E-state index contributed by atoms with van der Waals surface area (Å²) in [7, 11) is 0. The minimum atomic E-state index is -0.0997. The average molecular weight is 251 g/mol. The molecule has 4 rings (SSSR count). The number of fused-ring (bicyclic) bond motifs is 5. The van der Waals surface area contributed by atoms with Gasteiger partial charge in [0, 0.05) is 12.2 Å². The monoisotopic (exact) mass is 251 g/mol. The van der Waals surface area contributed by atoms with E-state index in [1.54, 1.807) is 0 Å². The molecule has 0 bridgehead atoms. The number of nitrogens with zero attached hydrogens (tertiary/aromatic N) is 1. The molecule has 2 aromatic carbocycles. The van der Waals surface area contributed by atoms with E-state index in [1.807, 2.05) is 0 Å². The van der Waals surface area contributed by atoms with Crippen LogP contribution in [0.25, 0.3) is 0 Å². The number of rotatable bonds is 0. The van der Waals surface area contributed by atoms with Crippen molar-refractivity contribution in [2.24, 2.45) is 5.73 Å². The summed E-state index contributed by atoms with van der Waals surface area (Å²) in [4.78, 5) is 2.32. The van der Waals surface area contributed by atoms with E-state index in [0.29, 0.717) is 6.04 Å². The fraction of sp³-hybridized carbons (Fsp3) is 0.250. The van der Waals surface area contributed by atoms with Crippen LogP contribution in [-0.2, 0) is 6.42 Å². The maximum Gasteiger partial charge on any atom is 0.132 e. The van der Waals surface area contributed by atoms with Crippen LogP contribution in [0.4, 0.5) is 5.69 Å². The van der Waals surface area contributed by atoms with Crippen molar-refractivity contribution in [2.75, 3.05) is 11.4 Å². The first-order valence-corrected chi connectivity index (χ1v) is 6.77. The van der Waals surface area contributed by atoms with E-state index in [9.17, 15) is 0 Å². The summed E-state index contributed by atoms with van der Waals surface area (Å²) < 4.78 is 0. The number of para-hydroxylation sites is 1. The second-order valence-corrected chi connectivity index (χ2v) is 5.28. The highest BCUT2D eigenvalue weighted by Crippen LogP contribution is 2.39. The molecule has 0 aromatic heterocycles. The molecule has 0 radical (unpaired) electrons. The topological polar surface area (TPSA) is 41.3 Å². The van der Waals surface area contributed by atoms with Gasteiger partial charge in [-0.25, -0.2) is 0 Å². The fourth-order valence-corrected chi connectivity index (χ4v) is 3.34. The third-order valence-corrected chi connectivity index (χ3v) is 4.22. The lowest BCUT2D eigenvalue weighted by Gasteiger charge is -2.29. The molecular formula is C16H17N3. The molecule has 3 nitrogen and oxygen atoms in total. The standard InChI is InChI=1S/C16H17N3/c17-16-18-10-15-13-7-3-1-5-11(13)9-12-6-2-4-8-14(12)19(15)16/h1-8,15-16,18H,9-10,17H2. The SMILES string of the molecule is NC1NCC2c3ccccc3Cc3ccccc3N12. The summed E-state index contributed by atoms with van der Waals surface area (Å²) in [6.07, 6.45) is 0.892. The summed E-state index contributed by atoms with van der Waals surface area (Å²) in [6, 6.07) is 17.7. The third kappa shape index (κ3) is 1.59. The van der Waals surface area contributed by atoms with Gasteiger partial charge in [-0.05, 0) is 29.2 Å². The lowest BCUT2D eigenvalue weighted by Crippen LogP contribution is -2.44. The molecule has 0 spiro atoms. The van der Waals surface area contributed by atoms with Crippen LogP contribution in [-0.4, -0.2) is 12.8 Å². The molecule has 2 unspecified atom stereocenters.